The monoisotopic (exact) mass is 334 g/mol. The highest BCUT2D eigenvalue weighted by molar-refractivity contribution is 5.99. The van der Waals surface area contributed by atoms with Gasteiger partial charge in [0.25, 0.3) is 5.91 Å². The first-order valence-corrected chi connectivity index (χ1v) is 8.19. The summed E-state index contributed by atoms with van der Waals surface area (Å²) >= 11 is 0. The third-order valence-electron chi connectivity index (χ3n) is 4.13. The molecular weight excluding hydrogens is 312 g/mol. The van der Waals surface area contributed by atoms with Gasteiger partial charge >= 0.3 is 0 Å². The predicted octanol–water partition coefficient (Wildman–Crippen LogP) is 3.38. The topological polar surface area (TPSA) is 61.0 Å². The summed E-state index contributed by atoms with van der Waals surface area (Å²) in [6, 6.07) is 16.1. The summed E-state index contributed by atoms with van der Waals surface area (Å²) in [6.07, 6.45) is 1.57. The number of amides is 1. The highest BCUT2D eigenvalue weighted by Gasteiger charge is 2.15. The fraction of sp³-hybridized carbons (Fsp3) is 0.200. The Hall–Kier alpha value is -3.08. The van der Waals surface area contributed by atoms with Gasteiger partial charge in [-0.05, 0) is 24.6 Å². The smallest absolute Gasteiger partial charge is 0.255 e. The van der Waals surface area contributed by atoms with Crippen LogP contribution in [0.5, 0.6) is 0 Å². The van der Waals surface area contributed by atoms with Gasteiger partial charge in [-0.1, -0.05) is 42.0 Å². The Balaban J connectivity index is 1.70. The average Bonchev–Trinajstić information content (AvgIpc) is 3.10. The normalized spacial score (nSPS) is 10.5. The molecule has 2 N–H and O–H groups in total. The lowest BCUT2D eigenvalue weighted by molar-refractivity contribution is 0.0951. The van der Waals surface area contributed by atoms with Crippen LogP contribution < -0.4 is 10.2 Å². The van der Waals surface area contributed by atoms with Crippen LogP contribution in [0, 0.1) is 6.92 Å². The van der Waals surface area contributed by atoms with Gasteiger partial charge in [0.1, 0.15) is 0 Å². The number of aryl methyl sites for hydroxylation is 1. The first kappa shape index (κ1) is 16.8. The van der Waals surface area contributed by atoms with E-state index in [0.29, 0.717) is 12.1 Å². The minimum absolute atomic E-state index is 0.138. The molecule has 5 nitrogen and oxygen atoms in total. The minimum Gasteiger partial charge on any atom is -0.378 e. The fourth-order valence-electron chi connectivity index (χ4n) is 2.59. The van der Waals surface area contributed by atoms with Crippen molar-refractivity contribution in [3.8, 4) is 11.3 Å². The molecular formula is C20H22N4O. The molecule has 0 bridgehead atoms. The van der Waals surface area contributed by atoms with Crippen LogP contribution in [0.4, 0.5) is 5.69 Å². The van der Waals surface area contributed by atoms with Crippen molar-refractivity contribution >= 4 is 11.6 Å². The van der Waals surface area contributed by atoms with Gasteiger partial charge in [-0.25, -0.2) is 0 Å². The van der Waals surface area contributed by atoms with Crippen molar-refractivity contribution in [2.45, 2.75) is 13.5 Å². The molecule has 0 saturated carbocycles. The molecule has 1 amide bonds. The summed E-state index contributed by atoms with van der Waals surface area (Å²) in [5.74, 6) is -0.138. The fourth-order valence-corrected chi connectivity index (χ4v) is 2.59. The van der Waals surface area contributed by atoms with Crippen LogP contribution in [0.1, 0.15) is 21.5 Å². The Bertz CT molecular complexity index is 848. The Kier molecular flexibility index (Phi) is 4.84. The molecule has 0 unspecified atom stereocenters. The summed E-state index contributed by atoms with van der Waals surface area (Å²) < 4.78 is 0. The lowest BCUT2D eigenvalue weighted by atomic mass is 10.1. The quantitative estimate of drug-likeness (QED) is 0.752. The summed E-state index contributed by atoms with van der Waals surface area (Å²) in [7, 11) is 4.00. The van der Waals surface area contributed by atoms with Crippen LogP contribution >= 0.6 is 0 Å². The van der Waals surface area contributed by atoms with Crippen LogP contribution in [-0.2, 0) is 6.54 Å². The van der Waals surface area contributed by atoms with E-state index in [1.54, 1.807) is 6.20 Å². The van der Waals surface area contributed by atoms with Crippen LogP contribution in [0.15, 0.2) is 54.7 Å². The van der Waals surface area contributed by atoms with E-state index in [-0.39, 0.29) is 5.91 Å². The van der Waals surface area contributed by atoms with Gasteiger partial charge in [0.2, 0.25) is 0 Å². The van der Waals surface area contributed by atoms with Crippen molar-refractivity contribution in [3.05, 3.63) is 71.4 Å². The number of hydrogen-bond acceptors (Lipinski definition) is 3. The van der Waals surface area contributed by atoms with E-state index in [4.69, 9.17) is 0 Å². The van der Waals surface area contributed by atoms with Crippen LogP contribution in [-0.4, -0.2) is 30.2 Å². The number of benzene rings is 2. The maximum Gasteiger partial charge on any atom is 0.255 e. The summed E-state index contributed by atoms with van der Waals surface area (Å²) in [5, 5.41) is 9.92. The number of nitrogens with one attached hydrogen (secondary N) is 2. The maximum absolute atomic E-state index is 12.5. The number of aromatic nitrogens is 2. The Morgan fingerprint density at radius 1 is 1.08 bits per heavy atom. The zero-order chi connectivity index (χ0) is 17.8. The van der Waals surface area contributed by atoms with Crippen molar-refractivity contribution in [2.75, 3.05) is 19.0 Å². The number of nitrogens with zero attached hydrogens (tertiary/aromatic N) is 2. The molecule has 0 aliphatic heterocycles. The molecule has 0 radical (unpaired) electrons. The maximum atomic E-state index is 12.5. The summed E-state index contributed by atoms with van der Waals surface area (Å²) in [6.45, 7) is 2.51. The van der Waals surface area contributed by atoms with E-state index in [9.17, 15) is 4.79 Å². The zero-order valence-corrected chi connectivity index (χ0v) is 14.7. The number of aromatic amines is 1. The molecule has 0 fully saturated rings. The highest BCUT2D eigenvalue weighted by atomic mass is 16.1. The number of H-pyrrole nitrogens is 1. The van der Waals surface area contributed by atoms with Crippen LogP contribution in [0.25, 0.3) is 11.3 Å². The van der Waals surface area contributed by atoms with Crippen molar-refractivity contribution in [2.24, 2.45) is 0 Å². The number of anilines is 1. The van der Waals surface area contributed by atoms with Gasteiger partial charge in [-0.15, -0.1) is 0 Å². The Morgan fingerprint density at radius 2 is 1.76 bits per heavy atom. The van der Waals surface area contributed by atoms with Crippen molar-refractivity contribution in [1.29, 1.82) is 0 Å². The van der Waals surface area contributed by atoms with Gasteiger partial charge in [0.15, 0.2) is 0 Å². The van der Waals surface area contributed by atoms with E-state index in [2.05, 4.69) is 15.5 Å². The zero-order valence-electron chi connectivity index (χ0n) is 14.7. The van der Waals surface area contributed by atoms with Gasteiger partial charge in [0.05, 0.1) is 17.5 Å². The third kappa shape index (κ3) is 3.88. The highest BCUT2D eigenvalue weighted by Crippen LogP contribution is 2.21. The van der Waals surface area contributed by atoms with Gasteiger partial charge in [-0.2, -0.15) is 5.10 Å². The molecule has 2 aromatic carbocycles. The first-order valence-electron chi connectivity index (χ1n) is 8.19. The first-order chi connectivity index (χ1) is 12.0. The van der Waals surface area contributed by atoms with Gasteiger partial charge in [-0.3, -0.25) is 9.89 Å². The number of hydrogen-bond donors (Lipinski definition) is 2. The minimum atomic E-state index is -0.138. The van der Waals surface area contributed by atoms with E-state index < -0.39 is 0 Å². The molecule has 5 heteroatoms. The molecule has 1 aromatic heterocycles. The molecule has 25 heavy (non-hydrogen) atoms. The van der Waals surface area contributed by atoms with Crippen molar-refractivity contribution < 1.29 is 4.79 Å². The van der Waals surface area contributed by atoms with E-state index >= 15 is 0 Å². The second-order valence-corrected chi connectivity index (χ2v) is 6.27. The molecule has 0 aliphatic rings. The number of carbonyl (C=O) groups excluding carboxylic acids is 1. The molecule has 1 heterocycles. The van der Waals surface area contributed by atoms with Gasteiger partial charge < -0.3 is 10.2 Å². The lowest BCUT2D eigenvalue weighted by Crippen LogP contribution is -2.23. The molecule has 0 spiro atoms. The largest absolute Gasteiger partial charge is 0.378 e. The Morgan fingerprint density at radius 3 is 2.40 bits per heavy atom. The molecule has 3 rings (SSSR count). The number of carbonyl (C=O) groups is 1. The SMILES string of the molecule is Cc1ccc(-c2[nH]ncc2C(=O)NCc2ccc(N(C)C)cc2)cc1. The second-order valence-electron chi connectivity index (χ2n) is 6.27. The van der Waals surface area contributed by atoms with E-state index in [1.165, 1.54) is 5.56 Å². The molecule has 128 valence electrons. The van der Waals surface area contributed by atoms with Gasteiger partial charge in [0, 0.05) is 31.9 Å². The Labute approximate surface area is 147 Å². The van der Waals surface area contributed by atoms with Crippen LogP contribution in [0.3, 0.4) is 0 Å². The number of rotatable bonds is 5. The predicted molar refractivity (Wildman–Crippen MR) is 101 cm³/mol. The molecule has 0 atom stereocenters. The summed E-state index contributed by atoms with van der Waals surface area (Å²) in [5.41, 5.74) is 5.60. The average molecular weight is 334 g/mol. The second kappa shape index (κ2) is 7.21. The third-order valence-corrected chi connectivity index (χ3v) is 4.13. The van der Waals surface area contributed by atoms with Crippen LogP contribution in [0.2, 0.25) is 0 Å². The van der Waals surface area contributed by atoms with Crippen molar-refractivity contribution in [1.82, 2.24) is 15.5 Å². The molecule has 0 saturated heterocycles. The van der Waals surface area contributed by atoms with E-state index in [1.807, 2.05) is 74.4 Å². The summed E-state index contributed by atoms with van der Waals surface area (Å²) in [4.78, 5) is 14.6. The van der Waals surface area contributed by atoms with E-state index in [0.717, 1.165) is 22.5 Å². The molecule has 3 aromatic rings. The van der Waals surface area contributed by atoms with Crippen molar-refractivity contribution in [3.63, 3.8) is 0 Å². The standard InChI is InChI=1S/C20H22N4O/c1-14-4-8-16(9-5-14)19-18(13-22-23-19)20(25)21-12-15-6-10-17(11-7-15)24(2)3/h4-11,13H,12H2,1-3H3,(H,21,25)(H,22,23). The molecule has 0 aliphatic carbocycles. The lowest BCUT2D eigenvalue weighted by Gasteiger charge is -2.13.